The first-order valence-corrected chi connectivity index (χ1v) is 6.44. The molecule has 6 heteroatoms. The van der Waals surface area contributed by atoms with Gasteiger partial charge in [-0.2, -0.15) is 0 Å². The summed E-state index contributed by atoms with van der Waals surface area (Å²) >= 11 is 0. The summed E-state index contributed by atoms with van der Waals surface area (Å²) in [5.74, 6) is 0. The third-order valence-corrected chi connectivity index (χ3v) is 3.82. The summed E-state index contributed by atoms with van der Waals surface area (Å²) in [7, 11) is -0.108. The van der Waals surface area contributed by atoms with Gasteiger partial charge in [0.15, 0.2) is 0 Å². The summed E-state index contributed by atoms with van der Waals surface area (Å²) in [5.41, 5.74) is 0. The molecule has 0 amide bonds. The molecule has 0 fully saturated rings. The molecule has 0 aromatic heterocycles. The fraction of sp³-hybridized carbons (Fsp3) is 1.00. The first kappa shape index (κ1) is 9.53. The van der Waals surface area contributed by atoms with Crippen LogP contribution >= 0.6 is 0 Å². The van der Waals surface area contributed by atoms with E-state index in [-0.39, 0.29) is 0 Å². The first-order valence-electron chi connectivity index (χ1n) is 3.19. The van der Waals surface area contributed by atoms with Crippen LogP contribution in [-0.2, 0) is 8.23 Å². The molecule has 56 valence electrons. The van der Waals surface area contributed by atoms with Crippen LogP contribution in [0.3, 0.4) is 0 Å². The van der Waals surface area contributed by atoms with E-state index in [2.05, 4.69) is 11.9 Å². The topological polar surface area (TPSA) is 30.5 Å². The van der Waals surface area contributed by atoms with Gasteiger partial charge in [0.2, 0.25) is 9.92 Å². The Labute approximate surface area is 64.1 Å². The van der Waals surface area contributed by atoms with Crippen LogP contribution in [0.1, 0.15) is 13.3 Å². The first-order chi connectivity index (χ1) is 4.41. The lowest BCUT2D eigenvalue weighted by Gasteiger charge is -2.01. The molecule has 3 nitrogen and oxygen atoms in total. The Hall–Kier alpha value is 0.531. The second kappa shape index (κ2) is 8.53. The van der Waals surface area contributed by atoms with Gasteiger partial charge in [-0.05, 0) is 13.0 Å². The quantitative estimate of drug-likeness (QED) is 0.357. The molecule has 0 aromatic rings. The van der Waals surface area contributed by atoms with Crippen molar-refractivity contribution in [3.05, 3.63) is 0 Å². The molecule has 0 saturated heterocycles. The van der Waals surface area contributed by atoms with Gasteiger partial charge in [-0.15, -0.1) is 0 Å². The maximum absolute atomic E-state index is 5.26. The van der Waals surface area contributed by atoms with E-state index in [1.54, 1.807) is 0 Å². The molecule has 0 aliphatic rings. The van der Waals surface area contributed by atoms with Gasteiger partial charge in [0.1, 0.15) is 10.5 Å². The van der Waals surface area contributed by atoms with Crippen molar-refractivity contribution in [3.63, 3.8) is 0 Å². The van der Waals surface area contributed by atoms with E-state index in [1.165, 1.54) is 6.42 Å². The zero-order chi connectivity index (χ0) is 6.95. The predicted octanol–water partition coefficient (Wildman–Crippen LogP) is -2.70. The average Bonchev–Trinajstić information content (AvgIpc) is 1.89. The molecule has 0 aliphatic carbocycles. The molecule has 9 heavy (non-hydrogen) atoms. The van der Waals surface area contributed by atoms with Crippen LogP contribution in [0.25, 0.3) is 0 Å². The van der Waals surface area contributed by atoms with Crippen LogP contribution in [0.4, 0.5) is 0 Å². The lowest BCUT2D eigenvalue weighted by atomic mass is 10.5. The Kier molecular flexibility index (Phi) is 9.03. The van der Waals surface area contributed by atoms with Crippen LogP contribution in [-0.4, -0.2) is 37.0 Å². The fourth-order valence-electron chi connectivity index (χ4n) is 0.446. The van der Waals surface area contributed by atoms with Crippen molar-refractivity contribution in [2.24, 2.45) is 0 Å². The van der Waals surface area contributed by atoms with Crippen molar-refractivity contribution in [2.75, 3.05) is 6.54 Å². The van der Waals surface area contributed by atoms with E-state index in [0.717, 1.165) is 17.0 Å². The summed E-state index contributed by atoms with van der Waals surface area (Å²) in [6.07, 6.45) is 1.19. The zero-order valence-electron chi connectivity index (χ0n) is 6.14. The van der Waals surface area contributed by atoms with Gasteiger partial charge >= 0.3 is 0 Å². The molecule has 0 aromatic carbocycles. The highest BCUT2D eigenvalue weighted by Crippen LogP contribution is 1.68. The van der Waals surface area contributed by atoms with E-state index in [9.17, 15) is 0 Å². The van der Waals surface area contributed by atoms with E-state index in [4.69, 9.17) is 8.23 Å². The van der Waals surface area contributed by atoms with Crippen LogP contribution in [0.2, 0.25) is 0 Å². The van der Waals surface area contributed by atoms with Gasteiger partial charge < -0.3 is 13.2 Å². The number of hydrogen-bond donors (Lipinski definition) is 1. The van der Waals surface area contributed by atoms with E-state index < -0.39 is 19.9 Å². The number of rotatable bonds is 6. The van der Waals surface area contributed by atoms with Crippen LogP contribution in [0.5, 0.6) is 0 Å². The van der Waals surface area contributed by atoms with Crippen molar-refractivity contribution < 1.29 is 8.23 Å². The second-order valence-electron chi connectivity index (χ2n) is 1.75. The lowest BCUT2D eigenvalue weighted by molar-refractivity contribution is 0.494. The maximum atomic E-state index is 5.26. The Balaban J connectivity index is 2.60. The Bertz CT molecular complexity index is 50.3. The SMILES string of the molecule is CCCN[SiH2]O[SiH2]O[SiH3]. The molecule has 0 bridgehead atoms. The Morgan fingerprint density at radius 3 is 3.00 bits per heavy atom. The molecule has 0 unspecified atom stereocenters. The fourth-order valence-corrected chi connectivity index (χ4v) is 4.02. The molecule has 0 radical (unpaired) electrons. The third-order valence-electron chi connectivity index (χ3n) is 0.832. The third kappa shape index (κ3) is 8.53. The van der Waals surface area contributed by atoms with Crippen LogP contribution in [0, 0.1) is 0 Å². The molecule has 0 saturated carbocycles. The molecular formula is C3H15NO2Si3. The summed E-state index contributed by atoms with van der Waals surface area (Å²) in [6.45, 7) is 3.25. The van der Waals surface area contributed by atoms with Crippen molar-refractivity contribution in [1.82, 2.24) is 4.98 Å². The van der Waals surface area contributed by atoms with E-state index >= 15 is 0 Å². The molecule has 0 spiro atoms. The minimum Gasteiger partial charge on any atom is -0.449 e. The van der Waals surface area contributed by atoms with Crippen molar-refractivity contribution in [2.45, 2.75) is 13.3 Å². The molecule has 0 rings (SSSR count). The average molecular weight is 181 g/mol. The van der Waals surface area contributed by atoms with Gasteiger partial charge in [-0.1, -0.05) is 6.92 Å². The largest absolute Gasteiger partial charge is 0.449 e. The molecule has 0 heterocycles. The van der Waals surface area contributed by atoms with Gasteiger partial charge in [0.05, 0.1) is 0 Å². The van der Waals surface area contributed by atoms with Gasteiger partial charge in [0, 0.05) is 0 Å². The minimum absolute atomic E-state index is 0.402. The maximum Gasteiger partial charge on any atom is 0.283 e. The van der Waals surface area contributed by atoms with Crippen molar-refractivity contribution in [1.29, 1.82) is 0 Å². The Morgan fingerprint density at radius 1 is 1.67 bits per heavy atom. The molecular weight excluding hydrogens is 166 g/mol. The van der Waals surface area contributed by atoms with Crippen molar-refractivity contribution >= 4 is 30.4 Å². The lowest BCUT2D eigenvalue weighted by Crippen LogP contribution is -2.24. The van der Waals surface area contributed by atoms with Gasteiger partial charge in [-0.25, -0.2) is 0 Å². The monoisotopic (exact) mass is 181 g/mol. The predicted molar refractivity (Wildman–Crippen MR) is 47.5 cm³/mol. The standard InChI is InChI=1S/C3H15NO2Si3/c1-2-3-4-8-6-9-5-7/h4H,2-3,8-9H2,1,7H3. The normalized spacial score (nSPS) is 13.0. The highest BCUT2D eigenvalue weighted by Gasteiger charge is 1.84. The van der Waals surface area contributed by atoms with Crippen LogP contribution in [0.15, 0.2) is 0 Å². The van der Waals surface area contributed by atoms with Crippen LogP contribution < -0.4 is 4.98 Å². The number of hydrogen-bond acceptors (Lipinski definition) is 3. The zero-order valence-corrected chi connectivity index (χ0v) is 11.0. The van der Waals surface area contributed by atoms with Crippen molar-refractivity contribution in [3.8, 4) is 0 Å². The minimum atomic E-state index is -0.545. The van der Waals surface area contributed by atoms with E-state index in [1.807, 2.05) is 0 Å². The summed E-state index contributed by atoms with van der Waals surface area (Å²) in [5, 5.41) is 0. The molecule has 0 aliphatic heterocycles. The number of nitrogens with one attached hydrogen (secondary N) is 1. The second-order valence-corrected chi connectivity index (χ2v) is 6.72. The smallest absolute Gasteiger partial charge is 0.283 e. The molecule has 1 N–H and O–H groups in total. The summed E-state index contributed by atoms with van der Waals surface area (Å²) in [4.78, 5) is 3.26. The van der Waals surface area contributed by atoms with Gasteiger partial charge in [0.25, 0.3) is 10.0 Å². The van der Waals surface area contributed by atoms with Gasteiger partial charge in [-0.3, -0.25) is 0 Å². The Morgan fingerprint density at radius 2 is 2.44 bits per heavy atom. The summed E-state index contributed by atoms with van der Waals surface area (Å²) < 4.78 is 10.2. The highest BCUT2D eigenvalue weighted by molar-refractivity contribution is 6.39. The summed E-state index contributed by atoms with van der Waals surface area (Å²) in [6, 6.07) is 0. The molecule has 0 atom stereocenters. The highest BCUT2D eigenvalue weighted by atomic mass is 28.3. The van der Waals surface area contributed by atoms with E-state index in [0.29, 0.717) is 0 Å².